The summed E-state index contributed by atoms with van der Waals surface area (Å²) in [6, 6.07) is 18.1. The molecule has 0 fully saturated rings. The first-order valence-electron chi connectivity index (χ1n) is 10.8. The number of fused-ring (bicyclic) bond motifs is 2. The van der Waals surface area contributed by atoms with E-state index >= 15 is 0 Å². The third kappa shape index (κ3) is 4.22. The van der Waals surface area contributed by atoms with E-state index in [4.69, 9.17) is 4.74 Å². The third-order valence-corrected chi connectivity index (χ3v) is 7.04. The van der Waals surface area contributed by atoms with Crippen LogP contribution >= 0.6 is 0 Å². The van der Waals surface area contributed by atoms with Gasteiger partial charge in [-0.05, 0) is 59.7 Å². The van der Waals surface area contributed by atoms with Crippen LogP contribution < -0.4 is 10.1 Å². The van der Waals surface area contributed by atoms with Gasteiger partial charge in [-0.2, -0.15) is 0 Å². The molecule has 3 aromatic carbocycles. The highest BCUT2D eigenvalue weighted by molar-refractivity contribution is 7.90. The minimum Gasteiger partial charge on any atom is -0.491 e. The van der Waals surface area contributed by atoms with Gasteiger partial charge in [-0.1, -0.05) is 12.1 Å². The van der Waals surface area contributed by atoms with Gasteiger partial charge < -0.3 is 19.9 Å². The van der Waals surface area contributed by atoms with Crippen LogP contribution in [-0.4, -0.2) is 55.6 Å². The first-order chi connectivity index (χ1) is 16.3. The van der Waals surface area contributed by atoms with E-state index in [1.54, 1.807) is 17.0 Å². The molecule has 1 aliphatic heterocycles. The second-order valence-electron chi connectivity index (χ2n) is 8.26. The fourth-order valence-corrected chi connectivity index (χ4v) is 4.71. The van der Waals surface area contributed by atoms with Gasteiger partial charge in [0.15, 0.2) is 9.84 Å². The summed E-state index contributed by atoms with van der Waals surface area (Å²) in [5.74, 6) is 1.30. The maximum Gasteiger partial charge on any atom is 0.254 e. The molecule has 9 heteroatoms. The average molecular weight is 477 g/mol. The molecular formula is C25H24N4O4S. The summed E-state index contributed by atoms with van der Waals surface area (Å²) < 4.78 is 29.3. The minimum absolute atomic E-state index is 0.166. The molecule has 0 radical (unpaired) electrons. The van der Waals surface area contributed by atoms with E-state index in [9.17, 15) is 13.2 Å². The molecule has 0 atom stereocenters. The summed E-state index contributed by atoms with van der Waals surface area (Å²) in [4.78, 5) is 22.8. The highest BCUT2D eigenvalue weighted by atomic mass is 32.2. The van der Waals surface area contributed by atoms with Crippen LogP contribution in [0.15, 0.2) is 65.6 Å². The van der Waals surface area contributed by atoms with E-state index in [2.05, 4.69) is 21.4 Å². The Morgan fingerprint density at radius 2 is 1.79 bits per heavy atom. The standard InChI is InChI=1S/C25H24N4O4S/c1-26-25-27-21-9-5-18(14-22(21)28-25)17-6-10-23-19(13-17)15-29(11-12-33-23)24(30)16-3-7-20(8-4-16)34(2,31)32/h3-10,13-14H,11-12,15H2,1-2H3,(H2,26,27,28). The normalized spacial score (nSPS) is 13.8. The number of carbonyl (C=O) groups is 1. The fourth-order valence-electron chi connectivity index (χ4n) is 4.08. The summed E-state index contributed by atoms with van der Waals surface area (Å²) in [5, 5.41) is 3.01. The number of carbonyl (C=O) groups excluding carboxylic acids is 1. The van der Waals surface area contributed by atoms with Crippen molar-refractivity contribution < 1.29 is 17.9 Å². The highest BCUT2D eigenvalue weighted by Crippen LogP contribution is 2.31. The first kappa shape index (κ1) is 22.0. The lowest BCUT2D eigenvalue weighted by Gasteiger charge is -2.20. The predicted molar refractivity (Wildman–Crippen MR) is 131 cm³/mol. The van der Waals surface area contributed by atoms with Crippen LogP contribution in [0.2, 0.25) is 0 Å². The van der Waals surface area contributed by atoms with Crippen LogP contribution in [0.25, 0.3) is 22.2 Å². The number of hydrogen-bond acceptors (Lipinski definition) is 6. The van der Waals surface area contributed by atoms with E-state index in [0.717, 1.165) is 39.7 Å². The van der Waals surface area contributed by atoms with Crippen LogP contribution in [0.3, 0.4) is 0 Å². The maximum absolute atomic E-state index is 13.2. The van der Waals surface area contributed by atoms with Gasteiger partial charge in [0.2, 0.25) is 5.95 Å². The van der Waals surface area contributed by atoms with Gasteiger partial charge in [-0.15, -0.1) is 0 Å². The Hall–Kier alpha value is -3.85. The summed E-state index contributed by atoms with van der Waals surface area (Å²) in [6.45, 7) is 1.21. The van der Waals surface area contributed by atoms with Gasteiger partial charge in [0.05, 0.1) is 22.5 Å². The molecule has 2 heterocycles. The number of amides is 1. The molecule has 174 valence electrons. The van der Waals surface area contributed by atoms with E-state index in [1.807, 2.05) is 37.4 Å². The third-order valence-electron chi connectivity index (χ3n) is 5.91. The number of hydrogen-bond donors (Lipinski definition) is 2. The Morgan fingerprint density at radius 3 is 2.53 bits per heavy atom. The molecule has 4 aromatic rings. The SMILES string of the molecule is CNc1nc2ccc(-c3ccc4c(c3)CN(C(=O)c3ccc(S(C)(=O)=O)cc3)CCO4)cc2[nH]1. The van der Waals surface area contributed by atoms with Crippen LogP contribution in [0.1, 0.15) is 15.9 Å². The Morgan fingerprint density at radius 1 is 1.06 bits per heavy atom. The Kier molecular flexibility index (Phi) is 5.49. The summed E-state index contributed by atoms with van der Waals surface area (Å²) in [7, 11) is -1.50. The Balaban J connectivity index is 1.42. The number of H-pyrrole nitrogens is 1. The topological polar surface area (TPSA) is 104 Å². The van der Waals surface area contributed by atoms with Gasteiger partial charge in [-0.25, -0.2) is 13.4 Å². The van der Waals surface area contributed by atoms with E-state index < -0.39 is 9.84 Å². The molecule has 0 saturated heterocycles. The van der Waals surface area contributed by atoms with Crippen molar-refractivity contribution in [3.05, 3.63) is 71.8 Å². The molecule has 8 nitrogen and oxygen atoms in total. The second kappa shape index (κ2) is 8.49. The van der Waals surface area contributed by atoms with Crippen molar-refractivity contribution in [3.63, 3.8) is 0 Å². The second-order valence-corrected chi connectivity index (χ2v) is 10.3. The fraction of sp³-hybridized carbons (Fsp3) is 0.200. The van der Waals surface area contributed by atoms with Gasteiger partial charge in [0.25, 0.3) is 5.91 Å². The molecule has 1 amide bonds. The van der Waals surface area contributed by atoms with Crippen molar-refractivity contribution >= 4 is 32.7 Å². The lowest BCUT2D eigenvalue weighted by molar-refractivity contribution is 0.0733. The van der Waals surface area contributed by atoms with Crippen molar-refractivity contribution in [1.82, 2.24) is 14.9 Å². The van der Waals surface area contributed by atoms with Gasteiger partial charge in [0, 0.05) is 31.0 Å². The van der Waals surface area contributed by atoms with Gasteiger partial charge in [-0.3, -0.25) is 4.79 Å². The number of sulfone groups is 1. The van der Waals surface area contributed by atoms with Crippen LogP contribution in [-0.2, 0) is 16.4 Å². The van der Waals surface area contributed by atoms with Crippen molar-refractivity contribution in [1.29, 1.82) is 0 Å². The zero-order valence-corrected chi connectivity index (χ0v) is 19.6. The molecular weight excluding hydrogens is 452 g/mol. The molecule has 2 N–H and O–H groups in total. The molecule has 0 spiro atoms. The molecule has 0 bridgehead atoms. The van der Waals surface area contributed by atoms with Crippen LogP contribution in [0, 0.1) is 0 Å². The number of imidazole rings is 1. The zero-order chi connectivity index (χ0) is 23.9. The van der Waals surface area contributed by atoms with E-state index in [1.165, 1.54) is 12.1 Å². The molecule has 1 aliphatic rings. The number of aromatic nitrogens is 2. The average Bonchev–Trinajstić information content (AvgIpc) is 3.13. The van der Waals surface area contributed by atoms with Crippen LogP contribution in [0.4, 0.5) is 5.95 Å². The lowest BCUT2D eigenvalue weighted by Crippen LogP contribution is -2.32. The lowest BCUT2D eigenvalue weighted by atomic mass is 10.0. The minimum atomic E-state index is -3.32. The van der Waals surface area contributed by atoms with Crippen molar-refractivity contribution in [3.8, 4) is 16.9 Å². The molecule has 34 heavy (non-hydrogen) atoms. The van der Waals surface area contributed by atoms with Crippen molar-refractivity contribution in [2.24, 2.45) is 0 Å². The summed E-state index contributed by atoms with van der Waals surface area (Å²) in [6.07, 6.45) is 1.15. The van der Waals surface area contributed by atoms with E-state index in [-0.39, 0.29) is 10.8 Å². The zero-order valence-electron chi connectivity index (χ0n) is 18.8. The first-order valence-corrected chi connectivity index (χ1v) is 12.7. The Bertz CT molecular complexity index is 1490. The number of ether oxygens (including phenoxy) is 1. The van der Waals surface area contributed by atoms with Gasteiger partial charge in [0.1, 0.15) is 12.4 Å². The number of rotatable bonds is 4. The van der Waals surface area contributed by atoms with Gasteiger partial charge >= 0.3 is 0 Å². The molecule has 0 unspecified atom stereocenters. The number of benzene rings is 3. The summed E-state index contributed by atoms with van der Waals surface area (Å²) in [5.41, 5.74) is 5.21. The smallest absolute Gasteiger partial charge is 0.254 e. The number of nitrogens with zero attached hydrogens (tertiary/aromatic N) is 2. The van der Waals surface area contributed by atoms with E-state index in [0.29, 0.717) is 31.2 Å². The van der Waals surface area contributed by atoms with Crippen molar-refractivity contribution in [2.45, 2.75) is 11.4 Å². The predicted octanol–water partition coefficient (Wildman–Crippen LogP) is 3.71. The highest BCUT2D eigenvalue weighted by Gasteiger charge is 2.22. The number of anilines is 1. The maximum atomic E-state index is 13.2. The number of nitrogens with one attached hydrogen (secondary N) is 2. The number of aromatic amines is 1. The largest absolute Gasteiger partial charge is 0.491 e. The molecule has 0 saturated carbocycles. The van der Waals surface area contributed by atoms with Crippen molar-refractivity contribution in [2.75, 3.05) is 31.8 Å². The molecule has 0 aliphatic carbocycles. The monoisotopic (exact) mass is 476 g/mol. The van der Waals surface area contributed by atoms with Crippen LogP contribution in [0.5, 0.6) is 5.75 Å². The molecule has 5 rings (SSSR count). The summed E-state index contributed by atoms with van der Waals surface area (Å²) >= 11 is 0. The quantitative estimate of drug-likeness (QED) is 0.465. The molecule has 1 aromatic heterocycles. The Labute approximate surface area is 197 Å².